The van der Waals surface area contributed by atoms with E-state index in [9.17, 15) is 23.1 Å². The Morgan fingerprint density at radius 1 is 1.43 bits per heavy atom. The van der Waals surface area contributed by atoms with Crippen LogP contribution in [-0.2, 0) is 19.6 Å². The summed E-state index contributed by atoms with van der Waals surface area (Å²) in [6, 6.07) is -1.35. The molecule has 1 fully saturated rings. The van der Waals surface area contributed by atoms with Crippen LogP contribution in [0, 0.1) is 0 Å². The number of carboxylic acids is 1. The molecule has 1 saturated heterocycles. The monoisotopic (exact) mass is 336 g/mol. The van der Waals surface area contributed by atoms with E-state index in [0.717, 1.165) is 0 Å². The van der Waals surface area contributed by atoms with Crippen molar-refractivity contribution in [3.05, 3.63) is 0 Å². The fourth-order valence-corrected chi connectivity index (χ4v) is 4.58. The quantitative estimate of drug-likeness (QED) is 0.574. The fraction of sp³-hybridized carbons (Fsp3) is 0.556. The molecule has 3 N–H and O–H groups in total. The number of β-amino-alcohol motifs (C(OH)–C–C–N with tert-alkyl or cyclic N) is 1. The number of aliphatic hydroxyl groups excluding tert-OH is 1. The number of hydrogen-bond acceptors (Lipinski definition) is 8. The number of nitrogens with one attached hydrogen (secondary N) is 1. The van der Waals surface area contributed by atoms with Crippen molar-refractivity contribution in [1.82, 2.24) is 14.5 Å². The van der Waals surface area contributed by atoms with E-state index in [1.165, 1.54) is 6.92 Å². The molecule has 0 spiro atoms. The average molecular weight is 336 g/mol. The van der Waals surface area contributed by atoms with Gasteiger partial charge in [-0.2, -0.15) is 4.31 Å². The van der Waals surface area contributed by atoms with Crippen molar-refractivity contribution in [2.75, 3.05) is 11.9 Å². The molecule has 0 aliphatic carbocycles. The number of carbonyl (C=O) groups is 2. The fourth-order valence-electron chi connectivity index (χ4n) is 1.89. The van der Waals surface area contributed by atoms with Crippen molar-refractivity contribution in [2.45, 2.75) is 29.8 Å². The lowest BCUT2D eigenvalue weighted by Gasteiger charge is -2.18. The van der Waals surface area contributed by atoms with Gasteiger partial charge in [-0.3, -0.25) is 9.59 Å². The first-order chi connectivity index (χ1) is 9.71. The number of sulfonamides is 1. The zero-order chi connectivity index (χ0) is 15.8. The number of rotatable bonds is 4. The van der Waals surface area contributed by atoms with E-state index in [-0.39, 0.29) is 18.1 Å². The predicted octanol–water partition coefficient (Wildman–Crippen LogP) is -1.29. The van der Waals surface area contributed by atoms with Gasteiger partial charge in [0.1, 0.15) is 6.04 Å². The minimum atomic E-state index is -4.19. The van der Waals surface area contributed by atoms with Gasteiger partial charge in [-0.15, -0.1) is 10.2 Å². The summed E-state index contributed by atoms with van der Waals surface area (Å²) in [7, 11) is -4.19. The number of carboxylic acid groups (broad SMARTS) is 1. The van der Waals surface area contributed by atoms with Crippen LogP contribution in [0.25, 0.3) is 0 Å². The van der Waals surface area contributed by atoms with Crippen molar-refractivity contribution in [1.29, 1.82) is 0 Å². The molecule has 0 aromatic carbocycles. The number of carbonyl (C=O) groups excluding carboxylic acids is 1. The number of hydrogen-bond donors (Lipinski definition) is 3. The van der Waals surface area contributed by atoms with Gasteiger partial charge in [0.15, 0.2) is 0 Å². The number of aromatic nitrogens is 2. The highest BCUT2D eigenvalue weighted by atomic mass is 32.2. The lowest BCUT2D eigenvalue weighted by molar-refractivity contribution is -0.140. The molecule has 0 radical (unpaired) electrons. The van der Waals surface area contributed by atoms with Crippen molar-refractivity contribution in [3.63, 3.8) is 0 Å². The maximum Gasteiger partial charge on any atom is 0.322 e. The largest absolute Gasteiger partial charge is 0.480 e. The summed E-state index contributed by atoms with van der Waals surface area (Å²) in [4.78, 5) is 21.9. The first-order valence-corrected chi connectivity index (χ1v) is 8.01. The van der Waals surface area contributed by atoms with Crippen molar-refractivity contribution < 1.29 is 28.2 Å². The number of anilines is 1. The van der Waals surface area contributed by atoms with E-state index in [1.807, 2.05) is 0 Å². The SMILES string of the molecule is CC(=O)Nc1nnc(S(=O)(=O)N2C[C@H](O)C[C@H]2C(=O)O)s1. The van der Waals surface area contributed by atoms with E-state index in [2.05, 4.69) is 15.5 Å². The molecule has 10 nitrogen and oxygen atoms in total. The van der Waals surface area contributed by atoms with Crippen LogP contribution in [-0.4, -0.2) is 63.7 Å². The van der Waals surface area contributed by atoms with Crippen LogP contribution >= 0.6 is 11.3 Å². The summed E-state index contributed by atoms with van der Waals surface area (Å²) in [5.41, 5.74) is 0. The van der Waals surface area contributed by atoms with Crippen LogP contribution in [0.3, 0.4) is 0 Å². The van der Waals surface area contributed by atoms with Crippen LogP contribution in [0.4, 0.5) is 5.13 Å². The van der Waals surface area contributed by atoms with Gasteiger partial charge in [-0.05, 0) is 0 Å². The second-order valence-electron chi connectivity index (χ2n) is 4.37. The van der Waals surface area contributed by atoms with Gasteiger partial charge in [0.05, 0.1) is 6.10 Å². The Hall–Kier alpha value is -1.63. The zero-order valence-electron chi connectivity index (χ0n) is 10.8. The Balaban J connectivity index is 2.30. The summed E-state index contributed by atoms with van der Waals surface area (Å²) < 4.78 is 24.9. The van der Waals surface area contributed by atoms with E-state index in [0.29, 0.717) is 15.6 Å². The van der Waals surface area contributed by atoms with E-state index in [1.54, 1.807) is 0 Å². The summed E-state index contributed by atoms with van der Waals surface area (Å²) in [5.74, 6) is -1.78. The number of aliphatic hydroxyl groups is 1. The summed E-state index contributed by atoms with van der Waals surface area (Å²) in [5, 5.41) is 27.8. The third-order valence-corrected chi connectivity index (χ3v) is 5.80. The highest BCUT2D eigenvalue weighted by Gasteiger charge is 2.45. The van der Waals surface area contributed by atoms with Gasteiger partial charge < -0.3 is 15.5 Å². The first kappa shape index (κ1) is 15.8. The Morgan fingerprint density at radius 3 is 2.67 bits per heavy atom. The van der Waals surface area contributed by atoms with Crippen molar-refractivity contribution in [3.8, 4) is 0 Å². The van der Waals surface area contributed by atoms with Crippen molar-refractivity contribution in [2.24, 2.45) is 0 Å². The van der Waals surface area contributed by atoms with Crippen LogP contribution < -0.4 is 5.32 Å². The molecule has 1 amide bonds. The van der Waals surface area contributed by atoms with Gasteiger partial charge in [0, 0.05) is 19.9 Å². The number of amides is 1. The molecule has 0 unspecified atom stereocenters. The second-order valence-corrected chi connectivity index (χ2v) is 7.41. The summed E-state index contributed by atoms with van der Waals surface area (Å²) >= 11 is 0.612. The topological polar surface area (TPSA) is 150 Å². The maximum atomic E-state index is 12.3. The number of aliphatic carboxylic acids is 1. The smallest absolute Gasteiger partial charge is 0.322 e. The standard InChI is InChI=1S/C9H12N4O6S2/c1-4(14)10-8-11-12-9(20-8)21(18,19)13-3-5(15)2-6(13)7(16)17/h5-6,15H,2-3H2,1H3,(H,16,17)(H,10,11,14)/t5-,6+/m1/s1. The molecule has 21 heavy (non-hydrogen) atoms. The molecule has 0 bridgehead atoms. The van der Waals surface area contributed by atoms with Gasteiger partial charge in [0.2, 0.25) is 15.4 Å². The first-order valence-electron chi connectivity index (χ1n) is 5.75. The molecule has 1 aromatic rings. The molecular weight excluding hydrogens is 324 g/mol. The van der Waals surface area contributed by atoms with Crippen LogP contribution in [0.5, 0.6) is 0 Å². The average Bonchev–Trinajstić information content (AvgIpc) is 2.95. The Bertz CT molecular complexity index is 672. The van der Waals surface area contributed by atoms with Gasteiger partial charge in [-0.1, -0.05) is 11.3 Å². The van der Waals surface area contributed by atoms with Gasteiger partial charge >= 0.3 is 5.97 Å². The number of nitrogens with zero attached hydrogens (tertiary/aromatic N) is 3. The molecule has 2 atom stereocenters. The Labute approximate surface area is 123 Å². The second kappa shape index (κ2) is 5.63. The Morgan fingerprint density at radius 2 is 2.10 bits per heavy atom. The highest BCUT2D eigenvalue weighted by Crippen LogP contribution is 2.29. The normalized spacial score (nSPS) is 23.1. The predicted molar refractivity (Wildman–Crippen MR) is 70.2 cm³/mol. The maximum absolute atomic E-state index is 12.3. The lowest BCUT2D eigenvalue weighted by Crippen LogP contribution is -2.40. The van der Waals surface area contributed by atoms with E-state index in [4.69, 9.17) is 5.11 Å². The van der Waals surface area contributed by atoms with Crippen molar-refractivity contribution >= 4 is 38.4 Å². The summed E-state index contributed by atoms with van der Waals surface area (Å²) in [6.45, 7) is 0.904. The lowest BCUT2D eigenvalue weighted by atomic mass is 10.2. The molecule has 1 aromatic heterocycles. The summed E-state index contributed by atoms with van der Waals surface area (Å²) in [6.07, 6.45) is -1.24. The van der Waals surface area contributed by atoms with Gasteiger partial charge in [-0.25, -0.2) is 8.42 Å². The molecule has 1 aliphatic heterocycles. The minimum absolute atomic E-state index is 0.00676. The molecule has 12 heteroatoms. The molecule has 2 heterocycles. The zero-order valence-corrected chi connectivity index (χ0v) is 12.4. The molecule has 2 rings (SSSR count). The molecule has 1 aliphatic rings. The van der Waals surface area contributed by atoms with Gasteiger partial charge in [0.25, 0.3) is 10.0 Å². The molecule has 116 valence electrons. The van der Waals surface area contributed by atoms with E-state index >= 15 is 0 Å². The Kier molecular flexibility index (Phi) is 4.22. The van der Waals surface area contributed by atoms with Crippen LogP contribution in [0.2, 0.25) is 0 Å². The third-order valence-electron chi connectivity index (χ3n) is 2.74. The highest BCUT2D eigenvalue weighted by molar-refractivity contribution is 7.91. The van der Waals surface area contributed by atoms with Crippen LogP contribution in [0.15, 0.2) is 4.34 Å². The third kappa shape index (κ3) is 3.18. The molecular formula is C9H12N4O6S2. The van der Waals surface area contributed by atoms with E-state index < -0.39 is 38.4 Å². The van der Waals surface area contributed by atoms with Crippen LogP contribution in [0.1, 0.15) is 13.3 Å². The molecule has 0 saturated carbocycles. The minimum Gasteiger partial charge on any atom is -0.480 e.